The Morgan fingerprint density at radius 3 is 2.92 bits per heavy atom. The lowest BCUT2D eigenvalue weighted by molar-refractivity contribution is -0.122. The minimum atomic E-state index is -0.0398. The fourth-order valence-corrected chi connectivity index (χ4v) is 5.66. The maximum absolute atomic E-state index is 12.7. The molecule has 2 heterocycles. The molecular formula is C19H27N5O2. The van der Waals surface area contributed by atoms with E-state index in [2.05, 4.69) is 22.7 Å². The first-order valence-electron chi connectivity index (χ1n) is 9.89. The molecule has 3 aliphatic carbocycles. The fourth-order valence-electron chi connectivity index (χ4n) is 5.66. The maximum atomic E-state index is 12.7. The van der Waals surface area contributed by atoms with E-state index in [0.717, 1.165) is 37.8 Å². The molecule has 140 valence electrons. The fraction of sp³-hybridized carbons (Fsp3) is 0.737. The van der Waals surface area contributed by atoms with Gasteiger partial charge in [0, 0.05) is 25.3 Å². The van der Waals surface area contributed by atoms with Crippen LogP contribution in [0.3, 0.4) is 0 Å². The molecule has 1 aromatic heterocycles. The molecule has 2 N–H and O–H groups in total. The number of anilines is 1. The Labute approximate surface area is 153 Å². The van der Waals surface area contributed by atoms with Gasteiger partial charge in [-0.1, -0.05) is 6.92 Å². The third-order valence-electron chi connectivity index (χ3n) is 7.19. The minimum absolute atomic E-state index is 0.0238. The van der Waals surface area contributed by atoms with E-state index in [4.69, 9.17) is 0 Å². The summed E-state index contributed by atoms with van der Waals surface area (Å²) in [5, 5.41) is 10.1. The van der Waals surface area contributed by atoms with Gasteiger partial charge >= 0.3 is 6.03 Å². The zero-order valence-electron chi connectivity index (χ0n) is 15.3. The van der Waals surface area contributed by atoms with Crippen LogP contribution in [-0.4, -0.2) is 45.8 Å². The molecule has 1 unspecified atom stereocenters. The Bertz CT molecular complexity index is 742. The number of aromatic nitrogens is 2. The molecule has 0 aromatic carbocycles. The summed E-state index contributed by atoms with van der Waals surface area (Å²) in [5.74, 6) is 2.25. The van der Waals surface area contributed by atoms with Crippen LogP contribution in [0.25, 0.3) is 0 Å². The van der Waals surface area contributed by atoms with Gasteiger partial charge in [0.1, 0.15) is 6.54 Å². The Morgan fingerprint density at radius 1 is 1.31 bits per heavy atom. The van der Waals surface area contributed by atoms with E-state index in [1.807, 2.05) is 4.90 Å². The maximum Gasteiger partial charge on any atom is 0.321 e. The van der Waals surface area contributed by atoms with Crippen molar-refractivity contribution in [3.05, 3.63) is 12.4 Å². The molecule has 4 atom stereocenters. The van der Waals surface area contributed by atoms with Crippen LogP contribution < -0.4 is 10.6 Å². The Morgan fingerprint density at radius 2 is 2.15 bits per heavy atom. The van der Waals surface area contributed by atoms with Gasteiger partial charge in [-0.05, 0) is 55.3 Å². The normalized spacial score (nSPS) is 34.8. The number of urea groups is 1. The molecule has 0 radical (unpaired) electrons. The number of nitrogens with one attached hydrogen (secondary N) is 2. The van der Waals surface area contributed by atoms with Gasteiger partial charge in [-0.3, -0.25) is 9.48 Å². The topological polar surface area (TPSA) is 79.3 Å². The van der Waals surface area contributed by atoms with Crippen molar-refractivity contribution in [3.63, 3.8) is 0 Å². The number of carbonyl (C=O) groups excluding carboxylic acids is 2. The molecule has 7 heteroatoms. The molecule has 2 bridgehead atoms. The standard InChI is InChI=1S/C19H27N5O2/c1-19-11-23(9-16(19)12-2-3-13(19)6-12)18(26)22-15-7-20-24(8-15)10-17(25)21-14-4-5-14/h7-8,12-14,16H,2-6,9-11H2,1H3,(H,21,25)(H,22,26)/t12-,13+,16?,19-/m1/s1. The number of fused-ring (bicyclic) bond motifs is 5. The second-order valence-corrected chi connectivity index (χ2v) is 8.96. The lowest BCUT2D eigenvalue weighted by Crippen LogP contribution is -2.36. The van der Waals surface area contributed by atoms with E-state index >= 15 is 0 Å². The summed E-state index contributed by atoms with van der Waals surface area (Å²) in [6.45, 7) is 4.31. The molecule has 26 heavy (non-hydrogen) atoms. The predicted octanol–water partition coefficient (Wildman–Crippen LogP) is 2.06. The zero-order valence-corrected chi connectivity index (χ0v) is 15.3. The average Bonchev–Trinajstić information content (AvgIpc) is 2.97. The molecule has 3 saturated carbocycles. The lowest BCUT2D eigenvalue weighted by atomic mass is 9.70. The van der Waals surface area contributed by atoms with Crippen LogP contribution >= 0.6 is 0 Å². The zero-order chi connectivity index (χ0) is 17.9. The molecule has 0 spiro atoms. The third kappa shape index (κ3) is 2.68. The van der Waals surface area contributed by atoms with E-state index < -0.39 is 0 Å². The van der Waals surface area contributed by atoms with E-state index in [-0.39, 0.29) is 18.5 Å². The third-order valence-corrected chi connectivity index (χ3v) is 7.19. The number of hydrogen-bond acceptors (Lipinski definition) is 3. The van der Waals surface area contributed by atoms with Crippen LogP contribution in [0.4, 0.5) is 10.5 Å². The van der Waals surface area contributed by atoms with Gasteiger partial charge in [-0.2, -0.15) is 5.10 Å². The van der Waals surface area contributed by atoms with Crippen molar-refractivity contribution in [1.29, 1.82) is 0 Å². The average molecular weight is 357 g/mol. The molecule has 4 aliphatic rings. The summed E-state index contributed by atoms with van der Waals surface area (Å²) < 4.78 is 1.58. The largest absolute Gasteiger partial charge is 0.352 e. The molecule has 5 rings (SSSR count). The van der Waals surface area contributed by atoms with E-state index in [1.54, 1.807) is 17.1 Å². The number of hydrogen-bond donors (Lipinski definition) is 2. The minimum Gasteiger partial charge on any atom is -0.352 e. The molecule has 4 fully saturated rings. The molecule has 1 aliphatic heterocycles. The second kappa shape index (κ2) is 5.72. The number of likely N-dealkylation sites (tertiary alicyclic amines) is 1. The van der Waals surface area contributed by atoms with Gasteiger partial charge in [0.25, 0.3) is 0 Å². The summed E-state index contributed by atoms with van der Waals surface area (Å²) in [6, 6.07) is 0.311. The monoisotopic (exact) mass is 357 g/mol. The van der Waals surface area contributed by atoms with Crippen molar-refractivity contribution in [2.24, 2.45) is 23.2 Å². The highest BCUT2D eigenvalue weighted by Crippen LogP contribution is 2.62. The summed E-state index contributed by atoms with van der Waals surface area (Å²) in [7, 11) is 0. The van der Waals surface area contributed by atoms with Crippen molar-refractivity contribution < 1.29 is 9.59 Å². The quantitative estimate of drug-likeness (QED) is 0.866. The highest BCUT2D eigenvalue weighted by Gasteiger charge is 2.59. The van der Waals surface area contributed by atoms with Crippen LogP contribution in [0.2, 0.25) is 0 Å². The molecular weight excluding hydrogens is 330 g/mol. The SMILES string of the molecule is C[C@]12CN(C(=O)Nc3cnn(CC(=O)NC4CC4)c3)CC1[C@@H]1CC[C@H]2C1. The Hall–Kier alpha value is -2.05. The van der Waals surface area contributed by atoms with E-state index in [1.165, 1.54) is 19.3 Å². The number of carbonyl (C=O) groups is 2. The number of rotatable bonds is 4. The first kappa shape index (κ1) is 16.1. The summed E-state index contributed by atoms with van der Waals surface area (Å²) in [6.07, 6.45) is 9.54. The summed E-state index contributed by atoms with van der Waals surface area (Å²) in [4.78, 5) is 26.5. The highest BCUT2D eigenvalue weighted by molar-refractivity contribution is 5.89. The van der Waals surface area contributed by atoms with E-state index in [0.29, 0.717) is 23.1 Å². The van der Waals surface area contributed by atoms with Gasteiger partial charge < -0.3 is 15.5 Å². The number of amides is 3. The molecule has 1 aromatic rings. The van der Waals surface area contributed by atoms with Crippen molar-refractivity contribution in [2.45, 2.75) is 51.6 Å². The van der Waals surface area contributed by atoms with Crippen LogP contribution in [0.1, 0.15) is 39.0 Å². The summed E-state index contributed by atoms with van der Waals surface area (Å²) in [5.41, 5.74) is 0.963. The van der Waals surface area contributed by atoms with Crippen LogP contribution in [0, 0.1) is 23.2 Å². The van der Waals surface area contributed by atoms with Crippen LogP contribution in [0.15, 0.2) is 12.4 Å². The van der Waals surface area contributed by atoms with Gasteiger partial charge in [0.05, 0.1) is 11.9 Å². The van der Waals surface area contributed by atoms with E-state index in [9.17, 15) is 9.59 Å². The predicted molar refractivity (Wildman–Crippen MR) is 96.4 cm³/mol. The van der Waals surface area contributed by atoms with Crippen LogP contribution in [0.5, 0.6) is 0 Å². The Kier molecular flexibility index (Phi) is 3.56. The van der Waals surface area contributed by atoms with Crippen molar-refractivity contribution in [2.75, 3.05) is 18.4 Å². The van der Waals surface area contributed by atoms with Gasteiger partial charge in [-0.15, -0.1) is 0 Å². The smallest absolute Gasteiger partial charge is 0.321 e. The highest BCUT2D eigenvalue weighted by atomic mass is 16.2. The molecule has 7 nitrogen and oxygen atoms in total. The van der Waals surface area contributed by atoms with Gasteiger partial charge in [-0.25, -0.2) is 4.79 Å². The molecule has 3 amide bonds. The first-order chi connectivity index (χ1) is 12.5. The lowest BCUT2D eigenvalue weighted by Gasteiger charge is -2.34. The van der Waals surface area contributed by atoms with Crippen molar-refractivity contribution >= 4 is 17.6 Å². The summed E-state index contributed by atoms with van der Waals surface area (Å²) >= 11 is 0. The first-order valence-corrected chi connectivity index (χ1v) is 9.89. The molecule has 1 saturated heterocycles. The van der Waals surface area contributed by atoms with Gasteiger partial charge in [0.2, 0.25) is 5.91 Å². The second-order valence-electron chi connectivity index (χ2n) is 8.96. The van der Waals surface area contributed by atoms with Crippen molar-refractivity contribution in [3.8, 4) is 0 Å². The van der Waals surface area contributed by atoms with Crippen molar-refractivity contribution in [1.82, 2.24) is 20.0 Å². The van der Waals surface area contributed by atoms with Gasteiger partial charge in [0.15, 0.2) is 0 Å². The number of nitrogens with zero attached hydrogens (tertiary/aromatic N) is 3. The van der Waals surface area contributed by atoms with Crippen LogP contribution in [-0.2, 0) is 11.3 Å². The Balaban J connectivity index is 1.18.